The maximum Gasteiger partial charge on any atom is 0.339 e. The predicted octanol–water partition coefficient (Wildman–Crippen LogP) is 3.71. The number of nitrogens with one attached hydrogen (secondary N) is 1. The maximum atomic E-state index is 12.1. The molecule has 0 unspecified atom stereocenters. The molecule has 1 amide bonds. The van der Waals surface area contributed by atoms with Crippen LogP contribution in [-0.2, 0) is 4.79 Å². The molecule has 0 bridgehead atoms. The summed E-state index contributed by atoms with van der Waals surface area (Å²) in [7, 11) is 3.05. The van der Waals surface area contributed by atoms with E-state index in [2.05, 4.69) is 5.32 Å². The van der Waals surface area contributed by atoms with Gasteiger partial charge in [-0.05, 0) is 35.9 Å². The summed E-state index contributed by atoms with van der Waals surface area (Å²) in [4.78, 5) is 23.3. The number of hydrogen-bond acceptors (Lipinski definition) is 4. The molecule has 130 valence electrons. The Morgan fingerprint density at radius 1 is 1.12 bits per heavy atom. The van der Waals surface area contributed by atoms with Crippen LogP contribution in [0.2, 0.25) is 5.02 Å². The molecule has 0 spiro atoms. The normalized spacial score (nSPS) is 10.5. The van der Waals surface area contributed by atoms with Crippen LogP contribution in [0.1, 0.15) is 15.9 Å². The van der Waals surface area contributed by atoms with Gasteiger partial charge in [0.1, 0.15) is 5.56 Å². The van der Waals surface area contributed by atoms with Gasteiger partial charge in [-0.15, -0.1) is 0 Å². The van der Waals surface area contributed by atoms with Crippen molar-refractivity contribution in [2.75, 3.05) is 19.5 Å². The van der Waals surface area contributed by atoms with Gasteiger partial charge in [0.2, 0.25) is 5.91 Å². The Morgan fingerprint density at radius 3 is 2.48 bits per heavy atom. The molecule has 2 N–H and O–H groups in total. The highest BCUT2D eigenvalue weighted by Gasteiger charge is 2.15. The van der Waals surface area contributed by atoms with Gasteiger partial charge in [0.05, 0.1) is 24.9 Å². The van der Waals surface area contributed by atoms with Crippen molar-refractivity contribution in [3.8, 4) is 11.5 Å². The van der Waals surface area contributed by atoms with Crippen molar-refractivity contribution in [3.05, 3.63) is 58.6 Å². The first-order valence-corrected chi connectivity index (χ1v) is 7.57. The molecule has 0 aliphatic carbocycles. The Bertz CT molecular complexity index is 832. The summed E-state index contributed by atoms with van der Waals surface area (Å²) in [5, 5.41) is 11.8. The minimum atomic E-state index is -1.22. The van der Waals surface area contributed by atoms with Crippen LogP contribution < -0.4 is 14.8 Å². The molecule has 2 aromatic carbocycles. The van der Waals surface area contributed by atoms with Crippen molar-refractivity contribution < 1.29 is 24.2 Å². The van der Waals surface area contributed by atoms with E-state index in [1.54, 1.807) is 30.3 Å². The van der Waals surface area contributed by atoms with Gasteiger partial charge in [-0.1, -0.05) is 23.7 Å². The third-order valence-electron chi connectivity index (χ3n) is 3.32. The van der Waals surface area contributed by atoms with Crippen molar-refractivity contribution in [1.82, 2.24) is 0 Å². The minimum absolute atomic E-state index is 0.0502. The van der Waals surface area contributed by atoms with Crippen molar-refractivity contribution in [2.45, 2.75) is 0 Å². The molecule has 7 heteroatoms. The number of carbonyl (C=O) groups excluding carboxylic acids is 1. The number of ether oxygens (including phenoxy) is 2. The fraction of sp³-hybridized carbons (Fsp3) is 0.111. The van der Waals surface area contributed by atoms with Gasteiger partial charge in [-0.3, -0.25) is 4.79 Å². The van der Waals surface area contributed by atoms with Crippen LogP contribution in [0.15, 0.2) is 42.5 Å². The van der Waals surface area contributed by atoms with Crippen molar-refractivity contribution in [2.24, 2.45) is 0 Å². The fourth-order valence-electron chi connectivity index (χ4n) is 2.15. The number of hydrogen-bond donors (Lipinski definition) is 2. The SMILES string of the molecule is COc1ccc(C=CC(=O)Nc2cccc(Cl)c2C(=O)O)cc1OC. The van der Waals surface area contributed by atoms with E-state index < -0.39 is 11.9 Å². The summed E-state index contributed by atoms with van der Waals surface area (Å²) in [6.07, 6.45) is 2.86. The number of aromatic carboxylic acids is 1. The highest BCUT2D eigenvalue weighted by molar-refractivity contribution is 6.34. The maximum absolute atomic E-state index is 12.1. The van der Waals surface area contributed by atoms with Gasteiger partial charge in [-0.25, -0.2) is 4.79 Å². The van der Waals surface area contributed by atoms with Crippen LogP contribution in [0.4, 0.5) is 5.69 Å². The average Bonchev–Trinajstić information content (AvgIpc) is 2.59. The molecule has 0 aliphatic heterocycles. The van der Waals surface area contributed by atoms with Gasteiger partial charge in [-0.2, -0.15) is 0 Å². The first kappa shape index (κ1) is 18.4. The van der Waals surface area contributed by atoms with Gasteiger partial charge >= 0.3 is 5.97 Å². The van der Waals surface area contributed by atoms with Crippen LogP contribution in [0.3, 0.4) is 0 Å². The molecule has 25 heavy (non-hydrogen) atoms. The molecular weight excluding hydrogens is 346 g/mol. The highest BCUT2D eigenvalue weighted by atomic mass is 35.5. The van der Waals surface area contributed by atoms with E-state index in [0.29, 0.717) is 11.5 Å². The topological polar surface area (TPSA) is 84.9 Å². The molecule has 2 rings (SSSR count). The zero-order valence-electron chi connectivity index (χ0n) is 13.6. The minimum Gasteiger partial charge on any atom is -0.493 e. The number of carbonyl (C=O) groups is 2. The van der Waals surface area contributed by atoms with E-state index in [-0.39, 0.29) is 16.3 Å². The zero-order valence-corrected chi connectivity index (χ0v) is 14.3. The quantitative estimate of drug-likeness (QED) is 0.766. The van der Waals surface area contributed by atoms with Gasteiger partial charge in [0.15, 0.2) is 11.5 Å². The number of anilines is 1. The van der Waals surface area contributed by atoms with Crippen LogP contribution in [0.25, 0.3) is 6.08 Å². The number of methoxy groups -OCH3 is 2. The largest absolute Gasteiger partial charge is 0.493 e. The zero-order chi connectivity index (χ0) is 18.4. The van der Waals surface area contributed by atoms with Crippen LogP contribution in [0.5, 0.6) is 11.5 Å². The van der Waals surface area contributed by atoms with Gasteiger partial charge in [0.25, 0.3) is 0 Å². The second-order valence-corrected chi connectivity index (χ2v) is 5.31. The Kier molecular flexibility index (Phi) is 6.03. The summed E-state index contributed by atoms with van der Waals surface area (Å²) in [6.45, 7) is 0. The first-order valence-electron chi connectivity index (χ1n) is 7.19. The van der Waals surface area contributed by atoms with E-state index >= 15 is 0 Å². The summed E-state index contributed by atoms with van der Waals surface area (Å²) in [6, 6.07) is 9.66. The molecule has 0 atom stereocenters. The summed E-state index contributed by atoms with van der Waals surface area (Å²) < 4.78 is 10.3. The van der Waals surface area contributed by atoms with E-state index in [4.69, 9.17) is 21.1 Å². The van der Waals surface area contributed by atoms with E-state index in [1.165, 1.54) is 32.4 Å². The van der Waals surface area contributed by atoms with Gasteiger partial charge < -0.3 is 19.9 Å². The molecule has 6 nitrogen and oxygen atoms in total. The first-order chi connectivity index (χ1) is 12.0. The van der Waals surface area contributed by atoms with Crippen LogP contribution in [-0.4, -0.2) is 31.2 Å². The number of halogens is 1. The molecule has 0 saturated carbocycles. The highest BCUT2D eigenvalue weighted by Crippen LogP contribution is 2.28. The summed E-state index contributed by atoms with van der Waals surface area (Å²) in [5.41, 5.74) is 0.691. The second kappa shape index (κ2) is 8.21. The molecular formula is C18H16ClNO5. The lowest BCUT2D eigenvalue weighted by Crippen LogP contribution is -2.12. The molecule has 0 fully saturated rings. The fourth-order valence-corrected chi connectivity index (χ4v) is 2.40. The van der Waals surface area contributed by atoms with Crippen molar-refractivity contribution >= 4 is 35.2 Å². The molecule has 0 aromatic heterocycles. The van der Waals surface area contributed by atoms with Crippen molar-refractivity contribution in [1.29, 1.82) is 0 Å². The summed E-state index contributed by atoms with van der Waals surface area (Å²) in [5.74, 6) is -0.591. The van der Waals surface area contributed by atoms with E-state index in [9.17, 15) is 14.7 Å². The predicted molar refractivity (Wildman–Crippen MR) is 95.6 cm³/mol. The lowest BCUT2D eigenvalue weighted by Gasteiger charge is -2.08. The Labute approximate surface area is 149 Å². The lowest BCUT2D eigenvalue weighted by atomic mass is 10.1. The van der Waals surface area contributed by atoms with Crippen molar-refractivity contribution in [3.63, 3.8) is 0 Å². The average molecular weight is 362 g/mol. The number of carboxylic acids is 1. The van der Waals surface area contributed by atoms with Crippen LogP contribution >= 0.6 is 11.6 Å². The molecule has 0 saturated heterocycles. The monoisotopic (exact) mass is 361 g/mol. The van der Waals surface area contributed by atoms with Crippen LogP contribution in [0, 0.1) is 0 Å². The number of benzene rings is 2. The standard InChI is InChI=1S/C18H16ClNO5/c1-24-14-8-6-11(10-15(14)25-2)7-9-16(21)20-13-5-3-4-12(19)17(13)18(22)23/h3-10H,1-2H3,(H,20,21)(H,22,23). The molecule has 2 aromatic rings. The third kappa shape index (κ3) is 4.51. The van der Waals surface area contributed by atoms with Gasteiger partial charge in [0, 0.05) is 6.08 Å². The Morgan fingerprint density at radius 2 is 1.84 bits per heavy atom. The number of rotatable bonds is 6. The Balaban J connectivity index is 2.17. The van der Waals surface area contributed by atoms with E-state index in [0.717, 1.165) is 5.56 Å². The van der Waals surface area contributed by atoms with E-state index in [1.807, 2.05) is 0 Å². The third-order valence-corrected chi connectivity index (χ3v) is 3.64. The lowest BCUT2D eigenvalue weighted by molar-refractivity contribution is -0.111. The number of carboxylic acid groups (broad SMARTS) is 1. The Hall–Kier alpha value is -2.99. The second-order valence-electron chi connectivity index (χ2n) is 4.90. The number of amides is 1. The smallest absolute Gasteiger partial charge is 0.339 e. The molecule has 0 heterocycles. The molecule has 0 radical (unpaired) electrons. The molecule has 0 aliphatic rings. The summed E-state index contributed by atoms with van der Waals surface area (Å²) >= 11 is 5.87.